The number of rotatable bonds is 5. The van der Waals surface area contributed by atoms with E-state index in [2.05, 4.69) is 10.6 Å². The summed E-state index contributed by atoms with van der Waals surface area (Å²) in [6.45, 7) is 4.63. The summed E-state index contributed by atoms with van der Waals surface area (Å²) in [5.41, 5.74) is 0.0528. The van der Waals surface area contributed by atoms with Crippen LogP contribution in [-0.2, 0) is 9.53 Å². The molecule has 2 heterocycles. The lowest BCUT2D eigenvalue weighted by molar-refractivity contribution is -0.127. The number of halogens is 1. The van der Waals surface area contributed by atoms with Crippen molar-refractivity contribution < 1.29 is 14.3 Å². The van der Waals surface area contributed by atoms with Gasteiger partial charge >= 0.3 is 6.03 Å². The van der Waals surface area contributed by atoms with Crippen molar-refractivity contribution in [2.24, 2.45) is 11.3 Å². The number of ether oxygens (including phenoxy) is 1. The van der Waals surface area contributed by atoms with Gasteiger partial charge in [-0.15, -0.1) is 12.4 Å². The predicted octanol–water partition coefficient (Wildman–Crippen LogP) is 0.934. The number of hydrogen-bond donors (Lipinski definition) is 2. The van der Waals surface area contributed by atoms with Crippen LogP contribution in [0.5, 0.6) is 0 Å². The van der Waals surface area contributed by atoms with Gasteiger partial charge in [0, 0.05) is 52.2 Å². The SMILES string of the molecule is COCC1(CNC(=O)C2CCN(C(=O)N(C)C)CC2)CCNCC1.Cl. The van der Waals surface area contributed by atoms with Crippen LogP contribution in [0.1, 0.15) is 25.7 Å². The van der Waals surface area contributed by atoms with E-state index in [-0.39, 0.29) is 35.7 Å². The Bertz CT molecular complexity index is 428. The van der Waals surface area contributed by atoms with Gasteiger partial charge in [-0.25, -0.2) is 4.79 Å². The summed E-state index contributed by atoms with van der Waals surface area (Å²) in [7, 11) is 5.24. The number of piperidine rings is 2. The number of nitrogens with zero attached hydrogens (tertiary/aromatic N) is 2. The van der Waals surface area contributed by atoms with E-state index in [1.165, 1.54) is 0 Å². The maximum Gasteiger partial charge on any atom is 0.319 e. The van der Waals surface area contributed by atoms with E-state index in [1.54, 1.807) is 26.1 Å². The third-order valence-corrected chi connectivity index (χ3v) is 5.27. The number of hydrogen-bond acceptors (Lipinski definition) is 4. The van der Waals surface area contributed by atoms with Crippen molar-refractivity contribution in [3.63, 3.8) is 0 Å². The second-order valence-electron chi connectivity index (χ2n) is 7.34. The molecule has 2 aliphatic heterocycles. The average Bonchev–Trinajstić information content (AvgIpc) is 2.60. The number of carbonyl (C=O) groups is 2. The van der Waals surface area contributed by atoms with Gasteiger partial charge in [0.1, 0.15) is 0 Å². The number of methoxy groups -OCH3 is 1. The summed E-state index contributed by atoms with van der Waals surface area (Å²) >= 11 is 0. The predicted molar refractivity (Wildman–Crippen MR) is 100 cm³/mol. The van der Waals surface area contributed by atoms with Crippen LogP contribution >= 0.6 is 12.4 Å². The fourth-order valence-electron chi connectivity index (χ4n) is 3.67. The monoisotopic (exact) mass is 376 g/mol. The van der Waals surface area contributed by atoms with Crippen molar-refractivity contribution in [3.05, 3.63) is 0 Å². The number of nitrogens with one attached hydrogen (secondary N) is 2. The molecule has 2 rings (SSSR count). The molecule has 0 atom stereocenters. The Morgan fingerprint density at radius 1 is 1.24 bits per heavy atom. The molecule has 0 bridgehead atoms. The third kappa shape index (κ3) is 6.01. The molecule has 0 aromatic rings. The highest BCUT2D eigenvalue weighted by Crippen LogP contribution is 2.28. The van der Waals surface area contributed by atoms with Crippen LogP contribution in [0, 0.1) is 11.3 Å². The third-order valence-electron chi connectivity index (χ3n) is 5.27. The van der Waals surface area contributed by atoms with Crippen LogP contribution in [-0.4, -0.2) is 82.3 Å². The highest BCUT2D eigenvalue weighted by molar-refractivity contribution is 5.85. The van der Waals surface area contributed by atoms with E-state index in [4.69, 9.17) is 4.74 Å². The van der Waals surface area contributed by atoms with Gasteiger partial charge in [-0.2, -0.15) is 0 Å². The van der Waals surface area contributed by atoms with Crippen LogP contribution in [0.25, 0.3) is 0 Å². The van der Waals surface area contributed by atoms with Gasteiger partial charge in [0.2, 0.25) is 5.91 Å². The first-order valence-corrected chi connectivity index (χ1v) is 8.91. The van der Waals surface area contributed by atoms with Gasteiger partial charge in [0.15, 0.2) is 0 Å². The summed E-state index contributed by atoms with van der Waals surface area (Å²) in [5, 5.41) is 6.52. The van der Waals surface area contributed by atoms with E-state index in [9.17, 15) is 9.59 Å². The molecule has 2 fully saturated rings. The Balaban J connectivity index is 0.00000312. The number of urea groups is 1. The second-order valence-corrected chi connectivity index (χ2v) is 7.34. The first-order valence-electron chi connectivity index (χ1n) is 8.91. The van der Waals surface area contributed by atoms with E-state index in [0.29, 0.717) is 26.2 Å². The molecule has 0 saturated carbocycles. The number of amides is 3. The topological polar surface area (TPSA) is 73.9 Å². The van der Waals surface area contributed by atoms with Crippen LogP contribution in [0.3, 0.4) is 0 Å². The van der Waals surface area contributed by atoms with Crippen LogP contribution in [0.2, 0.25) is 0 Å². The van der Waals surface area contributed by atoms with Gasteiger partial charge in [0.25, 0.3) is 0 Å². The highest BCUT2D eigenvalue weighted by atomic mass is 35.5. The molecule has 0 aliphatic carbocycles. The van der Waals surface area contributed by atoms with Crippen molar-refractivity contribution in [1.82, 2.24) is 20.4 Å². The zero-order valence-electron chi connectivity index (χ0n) is 15.7. The first-order chi connectivity index (χ1) is 11.5. The fraction of sp³-hybridized carbons (Fsp3) is 0.882. The van der Waals surface area contributed by atoms with E-state index >= 15 is 0 Å². The molecule has 3 amide bonds. The fourth-order valence-corrected chi connectivity index (χ4v) is 3.67. The first kappa shape index (κ1) is 22.0. The molecule has 146 valence electrons. The van der Waals surface area contributed by atoms with Crippen molar-refractivity contribution in [2.75, 3.05) is 60.5 Å². The standard InChI is InChI=1S/C17H32N4O3.ClH/c1-20(2)16(23)21-10-4-14(5-11-21)15(22)19-12-17(13-24-3)6-8-18-9-7-17;/h14,18H,4-13H2,1-3H3,(H,19,22);1H. The van der Waals surface area contributed by atoms with Gasteiger partial charge in [-0.05, 0) is 38.8 Å². The highest BCUT2D eigenvalue weighted by Gasteiger charge is 2.34. The Labute approximate surface area is 157 Å². The minimum Gasteiger partial charge on any atom is -0.384 e. The largest absolute Gasteiger partial charge is 0.384 e. The smallest absolute Gasteiger partial charge is 0.319 e. The summed E-state index contributed by atoms with van der Waals surface area (Å²) in [4.78, 5) is 27.9. The zero-order chi connectivity index (χ0) is 17.6. The second kappa shape index (κ2) is 10.2. The maximum absolute atomic E-state index is 12.5. The van der Waals surface area contributed by atoms with Gasteiger partial charge < -0.3 is 25.2 Å². The maximum atomic E-state index is 12.5. The molecular weight excluding hydrogens is 344 g/mol. The normalized spacial score (nSPS) is 20.5. The zero-order valence-corrected chi connectivity index (χ0v) is 16.5. The van der Waals surface area contributed by atoms with Crippen molar-refractivity contribution >= 4 is 24.3 Å². The van der Waals surface area contributed by atoms with Crippen LogP contribution < -0.4 is 10.6 Å². The lowest BCUT2D eigenvalue weighted by Gasteiger charge is -2.38. The summed E-state index contributed by atoms with van der Waals surface area (Å²) in [6, 6.07) is 0.0302. The minimum absolute atomic E-state index is 0. The molecule has 2 N–H and O–H groups in total. The van der Waals surface area contributed by atoms with Gasteiger partial charge in [0.05, 0.1) is 6.61 Å². The molecule has 25 heavy (non-hydrogen) atoms. The molecule has 0 radical (unpaired) electrons. The summed E-state index contributed by atoms with van der Waals surface area (Å²) in [5.74, 6) is 0.137. The Morgan fingerprint density at radius 3 is 2.36 bits per heavy atom. The Hall–Kier alpha value is -1.05. The molecule has 2 aliphatic rings. The molecule has 0 unspecified atom stereocenters. The molecule has 0 aromatic heterocycles. The number of carbonyl (C=O) groups excluding carboxylic acids is 2. The molecule has 7 nitrogen and oxygen atoms in total. The summed E-state index contributed by atoms with van der Waals surface area (Å²) in [6.07, 6.45) is 3.53. The molecule has 0 spiro atoms. The summed E-state index contributed by atoms with van der Waals surface area (Å²) < 4.78 is 5.40. The molecule has 2 saturated heterocycles. The average molecular weight is 377 g/mol. The van der Waals surface area contributed by atoms with Gasteiger partial charge in [-0.1, -0.05) is 0 Å². The van der Waals surface area contributed by atoms with Crippen LogP contribution in [0.4, 0.5) is 4.79 Å². The molecular formula is C17H33ClN4O3. The van der Waals surface area contributed by atoms with Crippen molar-refractivity contribution in [3.8, 4) is 0 Å². The number of likely N-dealkylation sites (tertiary alicyclic amines) is 1. The lowest BCUT2D eigenvalue weighted by Crippen LogP contribution is -2.50. The Morgan fingerprint density at radius 2 is 1.84 bits per heavy atom. The van der Waals surface area contributed by atoms with Crippen molar-refractivity contribution in [2.45, 2.75) is 25.7 Å². The van der Waals surface area contributed by atoms with E-state index in [0.717, 1.165) is 38.8 Å². The van der Waals surface area contributed by atoms with Gasteiger partial charge in [-0.3, -0.25) is 4.79 Å². The van der Waals surface area contributed by atoms with E-state index < -0.39 is 0 Å². The molecule has 0 aromatic carbocycles. The van der Waals surface area contributed by atoms with E-state index in [1.807, 2.05) is 4.90 Å². The minimum atomic E-state index is 0. The Kier molecular flexibility index (Phi) is 8.96. The lowest BCUT2D eigenvalue weighted by atomic mass is 9.79. The van der Waals surface area contributed by atoms with Crippen molar-refractivity contribution in [1.29, 1.82) is 0 Å². The molecule has 8 heteroatoms. The van der Waals surface area contributed by atoms with Crippen LogP contribution in [0.15, 0.2) is 0 Å². The quantitative estimate of drug-likeness (QED) is 0.748.